The van der Waals surface area contributed by atoms with Gasteiger partial charge in [0.1, 0.15) is 0 Å². The summed E-state index contributed by atoms with van der Waals surface area (Å²) in [6.45, 7) is 1.74. The highest BCUT2D eigenvalue weighted by atomic mass is 16.5. The van der Waals surface area contributed by atoms with Gasteiger partial charge in [0.2, 0.25) is 0 Å². The molecule has 112 valence electrons. The van der Waals surface area contributed by atoms with Crippen molar-refractivity contribution in [2.45, 2.75) is 19.8 Å². The molecule has 0 amide bonds. The predicted octanol–water partition coefficient (Wildman–Crippen LogP) is 2.49. The minimum atomic E-state index is -0.805. The molecule has 0 N–H and O–H groups in total. The largest absolute Gasteiger partial charge is 0.469 e. The van der Waals surface area contributed by atoms with Crippen molar-refractivity contribution in [3.63, 3.8) is 0 Å². The van der Waals surface area contributed by atoms with Gasteiger partial charge in [0, 0.05) is 23.1 Å². The molecule has 0 fully saturated rings. The Hall–Kier alpha value is -2.56. The van der Waals surface area contributed by atoms with Crippen molar-refractivity contribution >= 4 is 28.4 Å². The molecule has 1 atom stereocenters. The number of fused-ring (bicyclic) bond motifs is 3. The SMILES string of the molecule is COC(=O)CCC1C(=O)c2c(C)nc3ccccc3c2C1=O. The van der Waals surface area contributed by atoms with Crippen molar-refractivity contribution in [3.05, 3.63) is 41.1 Å². The monoisotopic (exact) mass is 297 g/mol. The third-order valence-corrected chi connectivity index (χ3v) is 4.06. The first kappa shape index (κ1) is 14.4. The van der Waals surface area contributed by atoms with Gasteiger partial charge in [-0.25, -0.2) is 0 Å². The molecule has 1 aromatic carbocycles. The first-order chi connectivity index (χ1) is 10.5. The first-order valence-corrected chi connectivity index (χ1v) is 7.09. The maximum Gasteiger partial charge on any atom is 0.305 e. The third kappa shape index (κ3) is 2.09. The molecule has 5 heteroatoms. The standard InChI is InChI=1S/C17H15NO4/c1-9-14-15(10-5-3-4-6-12(10)18-9)17(21)11(16(14)20)7-8-13(19)22-2/h3-6,11H,7-8H2,1-2H3. The van der Waals surface area contributed by atoms with E-state index in [0.29, 0.717) is 27.7 Å². The van der Waals surface area contributed by atoms with Crippen molar-refractivity contribution in [3.8, 4) is 0 Å². The summed E-state index contributed by atoms with van der Waals surface area (Å²) in [5.74, 6) is -1.68. The van der Waals surface area contributed by atoms with E-state index in [-0.39, 0.29) is 24.4 Å². The highest BCUT2D eigenvalue weighted by molar-refractivity contribution is 6.30. The van der Waals surface area contributed by atoms with E-state index >= 15 is 0 Å². The average molecular weight is 297 g/mol. The van der Waals surface area contributed by atoms with Gasteiger partial charge in [-0.05, 0) is 19.4 Å². The number of Topliss-reactive ketones (excluding diaryl/α,β-unsaturated/α-hetero) is 2. The van der Waals surface area contributed by atoms with Crippen LogP contribution in [0.15, 0.2) is 24.3 Å². The lowest BCUT2D eigenvalue weighted by molar-refractivity contribution is -0.140. The second-order valence-electron chi connectivity index (χ2n) is 5.36. The third-order valence-electron chi connectivity index (χ3n) is 4.06. The minimum absolute atomic E-state index is 0.0526. The van der Waals surface area contributed by atoms with Crippen LogP contribution in [0.5, 0.6) is 0 Å². The van der Waals surface area contributed by atoms with Crippen LogP contribution in [-0.2, 0) is 9.53 Å². The summed E-state index contributed by atoms with van der Waals surface area (Å²) < 4.78 is 4.58. The molecule has 1 aliphatic rings. The zero-order valence-electron chi connectivity index (χ0n) is 12.4. The van der Waals surface area contributed by atoms with E-state index in [0.717, 1.165) is 0 Å². The number of carbonyl (C=O) groups is 3. The summed E-state index contributed by atoms with van der Waals surface area (Å²) in [6.07, 6.45) is 0.226. The van der Waals surface area contributed by atoms with Crippen LogP contribution in [0.1, 0.15) is 39.3 Å². The van der Waals surface area contributed by atoms with E-state index in [9.17, 15) is 14.4 Å². The fourth-order valence-corrected chi connectivity index (χ4v) is 2.99. The number of pyridine rings is 1. The Morgan fingerprint density at radius 1 is 1.18 bits per heavy atom. The molecule has 1 heterocycles. The molecule has 0 saturated heterocycles. The van der Waals surface area contributed by atoms with Crippen LogP contribution in [-0.4, -0.2) is 29.6 Å². The van der Waals surface area contributed by atoms with Gasteiger partial charge in [0.15, 0.2) is 11.6 Å². The number of ether oxygens (including phenoxy) is 1. The highest BCUT2D eigenvalue weighted by Gasteiger charge is 2.41. The van der Waals surface area contributed by atoms with Crippen molar-refractivity contribution < 1.29 is 19.1 Å². The second-order valence-corrected chi connectivity index (χ2v) is 5.36. The summed E-state index contributed by atoms with van der Waals surface area (Å²) in [5.41, 5.74) is 2.11. The number of carbonyl (C=O) groups excluding carboxylic acids is 3. The molecule has 5 nitrogen and oxygen atoms in total. The Morgan fingerprint density at radius 2 is 1.86 bits per heavy atom. The van der Waals surface area contributed by atoms with E-state index in [2.05, 4.69) is 9.72 Å². The van der Waals surface area contributed by atoms with Crippen LogP contribution >= 0.6 is 0 Å². The fraction of sp³-hybridized carbons (Fsp3) is 0.294. The van der Waals surface area contributed by atoms with Crippen LogP contribution in [0.4, 0.5) is 0 Å². The number of nitrogens with zero attached hydrogens (tertiary/aromatic N) is 1. The van der Waals surface area contributed by atoms with Gasteiger partial charge >= 0.3 is 5.97 Å². The molecule has 0 aliphatic heterocycles. The number of aryl methyl sites for hydroxylation is 1. The summed E-state index contributed by atoms with van der Waals surface area (Å²) >= 11 is 0. The van der Waals surface area contributed by atoms with Crippen LogP contribution in [0.2, 0.25) is 0 Å². The number of hydrogen-bond acceptors (Lipinski definition) is 5. The molecule has 0 radical (unpaired) electrons. The number of methoxy groups -OCH3 is 1. The van der Waals surface area contributed by atoms with Crippen molar-refractivity contribution in [2.24, 2.45) is 5.92 Å². The minimum Gasteiger partial charge on any atom is -0.469 e. The number of ketones is 2. The van der Waals surface area contributed by atoms with Gasteiger partial charge in [-0.1, -0.05) is 18.2 Å². The average Bonchev–Trinajstić information content (AvgIpc) is 2.77. The summed E-state index contributed by atoms with van der Waals surface area (Å²) in [4.78, 5) is 40.9. The van der Waals surface area contributed by atoms with Gasteiger partial charge in [-0.2, -0.15) is 0 Å². The Morgan fingerprint density at radius 3 is 2.59 bits per heavy atom. The molecule has 0 bridgehead atoms. The van der Waals surface area contributed by atoms with Crippen LogP contribution in [0.3, 0.4) is 0 Å². The Balaban J connectivity index is 2.07. The maximum absolute atomic E-state index is 12.7. The lowest BCUT2D eigenvalue weighted by Crippen LogP contribution is -2.17. The predicted molar refractivity (Wildman–Crippen MR) is 79.9 cm³/mol. The zero-order valence-corrected chi connectivity index (χ0v) is 12.4. The number of benzene rings is 1. The fourth-order valence-electron chi connectivity index (χ4n) is 2.99. The number of aromatic nitrogens is 1. The smallest absolute Gasteiger partial charge is 0.305 e. The second kappa shape index (κ2) is 5.33. The quantitative estimate of drug-likeness (QED) is 0.643. The molecule has 0 saturated carbocycles. The van der Waals surface area contributed by atoms with Gasteiger partial charge < -0.3 is 4.74 Å². The number of esters is 1. The Kier molecular flexibility index (Phi) is 3.48. The molecule has 2 aromatic rings. The number of rotatable bonds is 3. The van der Waals surface area contributed by atoms with Crippen molar-refractivity contribution in [1.82, 2.24) is 4.98 Å². The van der Waals surface area contributed by atoms with E-state index in [1.165, 1.54) is 7.11 Å². The molecule has 1 unspecified atom stereocenters. The lowest BCUT2D eigenvalue weighted by Gasteiger charge is -2.05. The zero-order chi connectivity index (χ0) is 15.9. The number of para-hydroxylation sites is 1. The van der Waals surface area contributed by atoms with Gasteiger partial charge in [0.25, 0.3) is 0 Å². The molecule has 22 heavy (non-hydrogen) atoms. The maximum atomic E-state index is 12.7. The molecule has 1 aromatic heterocycles. The van der Waals surface area contributed by atoms with Crippen molar-refractivity contribution in [2.75, 3.05) is 7.11 Å². The van der Waals surface area contributed by atoms with E-state index in [1.54, 1.807) is 13.0 Å². The summed E-state index contributed by atoms with van der Waals surface area (Å²) in [6, 6.07) is 7.28. The van der Waals surface area contributed by atoms with E-state index in [1.807, 2.05) is 18.2 Å². The normalized spacial score (nSPS) is 16.9. The summed E-state index contributed by atoms with van der Waals surface area (Å²) in [5, 5.41) is 0.696. The van der Waals surface area contributed by atoms with Gasteiger partial charge in [-0.15, -0.1) is 0 Å². The van der Waals surface area contributed by atoms with E-state index < -0.39 is 11.9 Å². The number of hydrogen-bond donors (Lipinski definition) is 0. The molecule has 1 aliphatic carbocycles. The van der Waals surface area contributed by atoms with Crippen LogP contribution < -0.4 is 0 Å². The molecular weight excluding hydrogens is 282 g/mol. The topological polar surface area (TPSA) is 73.3 Å². The lowest BCUT2D eigenvalue weighted by atomic mass is 9.97. The Bertz CT molecular complexity index is 810. The molecule has 3 rings (SSSR count). The molecule has 0 spiro atoms. The van der Waals surface area contributed by atoms with Gasteiger partial charge in [-0.3, -0.25) is 19.4 Å². The molecular formula is C17H15NO4. The summed E-state index contributed by atoms with van der Waals surface area (Å²) in [7, 11) is 1.29. The first-order valence-electron chi connectivity index (χ1n) is 7.09. The van der Waals surface area contributed by atoms with E-state index in [4.69, 9.17) is 0 Å². The van der Waals surface area contributed by atoms with Crippen molar-refractivity contribution in [1.29, 1.82) is 0 Å². The van der Waals surface area contributed by atoms with Gasteiger partial charge in [0.05, 0.1) is 24.1 Å². The highest BCUT2D eigenvalue weighted by Crippen LogP contribution is 2.35. The van der Waals surface area contributed by atoms with Crippen LogP contribution in [0, 0.1) is 12.8 Å². The van der Waals surface area contributed by atoms with Crippen LogP contribution in [0.25, 0.3) is 10.9 Å². The Labute approximate surface area is 127 Å².